The average molecular weight is 429 g/mol. The molecule has 5 nitrogen and oxygen atoms in total. The molecule has 0 bridgehead atoms. The Morgan fingerprint density at radius 3 is 2.44 bits per heavy atom. The molecule has 0 spiro atoms. The number of aryl methyl sites for hydroxylation is 1. The molecular weight excluding hydrogens is 396 g/mol. The van der Waals surface area contributed by atoms with E-state index in [1.54, 1.807) is 0 Å². The van der Waals surface area contributed by atoms with Crippen LogP contribution in [0.3, 0.4) is 0 Å². The summed E-state index contributed by atoms with van der Waals surface area (Å²) in [7, 11) is 0. The summed E-state index contributed by atoms with van der Waals surface area (Å²) in [5.41, 5.74) is 7.01. The number of para-hydroxylation sites is 1. The second-order valence-corrected chi connectivity index (χ2v) is 9.31. The number of nitrogens with one attached hydrogen (secondary N) is 1. The Balaban J connectivity index is 1.21. The largest absolute Gasteiger partial charge is 0.352 e. The van der Waals surface area contributed by atoms with Gasteiger partial charge in [0.1, 0.15) is 0 Å². The van der Waals surface area contributed by atoms with Gasteiger partial charge in [-0.25, -0.2) is 4.68 Å². The Bertz CT molecular complexity index is 1080. The summed E-state index contributed by atoms with van der Waals surface area (Å²) in [6, 6.07) is 19.7. The predicted octanol–water partition coefficient (Wildman–Crippen LogP) is 3.78. The molecule has 5 rings (SSSR count). The molecule has 1 amide bonds. The monoisotopic (exact) mass is 428 g/mol. The third-order valence-electron chi connectivity index (χ3n) is 7.14. The lowest BCUT2D eigenvalue weighted by atomic mass is 10.0. The Labute approximate surface area is 190 Å². The number of hydrogen-bond donors (Lipinski definition) is 1. The van der Waals surface area contributed by atoms with E-state index in [0.29, 0.717) is 12.5 Å². The number of likely N-dealkylation sites (tertiary alicyclic amines) is 1. The standard InChI is InChI=1S/C27H32N4O/c1-19-26(20(2)31(29-19)24-12-4-3-5-13-24)17-27(32)28-23-11-8-14-30(18-23)25-15-21-9-6-7-10-22(21)16-25/h3-7,9-10,12-13,23,25H,8,11,14-18H2,1-2H3,(H,28,32)/t23-/m0/s1. The second-order valence-electron chi connectivity index (χ2n) is 9.31. The molecule has 166 valence electrons. The highest BCUT2D eigenvalue weighted by Crippen LogP contribution is 2.27. The van der Waals surface area contributed by atoms with Crippen molar-refractivity contribution in [2.75, 3.05) is 13.1 Å². The van der Waals surface area contributed by atoms with Crippen molar-refractivity contribution < 1.29 is 4.79 Å². The molecule has 1 aliphatic heterocycles. The van der Waals surface area contributed by atoms with Gasteiger partial charge in [0.2, 0.25) is 5.91 Å². The van der Waals surface area contributed by atoms with Gasteiger partial charge in [-0.3, -0.25) is 9.69 Å². The van der Waals surface area contributed by atoms with Gasteiger partial charge in [-0.15, -0.1) is 0 Å². The predicted molar refractivity (Wildman–Crippen MR) is 127 cm³/mol. The van der Waals surface area contributed by atoms with Crippen molar-refractivity contribution in [3.63, 3.8) is 0 Å². The fourth-order valence-corrected chi connectivity index (χ4v) is 5.44. The van der Waals surface area contributed by atoms with E-state index in [2.05, 4.69) is 41.4 Å². The molecule has 0 saturated carbocycles. The Hall–Kier alpha value is -2.92. The van der Waals surface area contributed by atoms with Gasteiger partial charge in [0.15, 0.2) is 0 Å². The lowest BCUT2D eigenvalue weighted by Crippen LogP contribution is -2.51. The number of nitrogens with zero attached hydrogens (tertiary/aromatic N) is 3. The Morgan fingerprint density at radius 2 is 1.72 bits per heavy atom. The zero-order valence-electron chi connectivity index (χ0n) is 19.1. The van der Waals surface area contributed by atoms with Crippen LogP contribution in [0.4, 0.5) is 0 Å². The summed E-state index contributed by atoms with van der Waals surface area (Å²) < 4.78 is 1.94. The lowest BCUT2D eigenvalue weighted by Gasteiger charge is -2.37. The van der Waals surface area contributed by atoms with Gasteiger partial charge in [0.05, 0.1) is 17.8 Å². The zero-order valence-corrected chi connectivity index (χ0v) is 19.1. The first-order valence-electron chi connectivity index (χ1n) is 11.8. The van der Waals surface area contributed by atoms with Crippen molar-refractivity contribution in [1.29, 1.82) is 0 Å². The molecule has 2 heterocycles. The fourth-order valence-electron chi connectivity index (χ4n) is 5.44. The molecule has 2 aromatic carbocycles. The van der Waals surface area contributed by atoms with Gasteiger partial charge in [0.25, 0.3) is 0 Å². The van der Waals surface area contributed by atoms with Crippen LogP contribution in [0, 0.1) is 13.8 Å². The summed E-state index contributed by atoms with van der Waals surface area (Å²) in [5, 5.41) is 8.02. The molecule has 5 heteroatoms. The smallest absolute Gasteiger partial charge is 0.224 e. The molecule has 0 unspecified atom stereocenters. The van der Waals surface area contributed by atoms with Gasteiger partial charge in [-0.1, -0.05) is 42.5 Å². The van der Waals surface area contributed by atoms with Crippen molar-refractivity contribution >= 4 is 5.91 Å². The van der Waals surface area contributed by atoms with E-state index in [4.69, 9.17) is 5.10 Å². The van der Waals surface area contributed by atoms with Gasteiger partial charge in [0, 0.05) is 29.9 Å². The fraction of sp³-hybridized carbons (Fsp3) is 0.407. The maximum Gasteiger partial charge on any atom is 0.224 e. The maximum absolute atomic E-state index is 13.0. The van der Waals surface area contributed by atoms with E-state index in [1.165, 1.54) is 11.1 Å². The number of rotatable bonds is 5. The van der Waals surface area contributed by atoms with E-state index in [9.17, 15) is 4.79 Å². The van der Waals surface area contributed by atoms with Crippen LogP contribution < -0.4 is 5.32 Å². The van der Waals surface area contributed by atoms with E-state index in [1.807, 2.05) is 41.9 Å². The highest BCUT2D eigenvalue weighted by molar-refractivity contribution is 5.79. The van der Waals surface area contributed by atoms with Crippen LogP contribution in [0.15, 0.2) is 54.6 Å². The summed E-state index contributed by atoms with van der Waals surface area (Å²) >= 11 is 0. The van der Waals surface area contributed by atoms with Crippen molar-refractivity contribution in [2.24, 2.45) is 0 Å². The van der Waals surface area contributed by atoms with E-state index < -0.39 is 0 Å². The van der Waals surface area contributed by atoms with Crippen molar-refractivity contribution in [1.82, 2.24) is 20.0 Å². The molecule has 1 atom stereocenters. The molecule has 2 aliphatic rings. The number of aromatic nitrogens is 2. The Morgan fingerprint density at radius 1 is 1.03 bits per heavy atom. The summed E-state index contributed by atoms with van der Waals surface area (Å²) in [6.45, 7) is 6.13. The van der Waals surface area contributed by atoms with Gasteiger partial charge < -0.3 is 5.32 Å². The highest BCUT2D eigenvalue weighted by atomic mass is 16.1. The second kappa shape index (κ2) is 8.91. The third kappa shape index (κ3) is 4.22. The lowest BCUT2D eigenvalue weighted by molar-refractivity contribution is -0.121. The number of amides is 1. The van der Waals surface area contributed by atoms with E-state index >= 15 is 0 Å². The average Bonchev–Trinajstić information content (AvgIpc) is 3.36. The molecule has 32 heavy (non-hydrogen) atoms. The zero-order chi connectivity index (χ0) is 22.1. The van der Waals surface area contributed by atoms with Crippen LogP contribution in [0.2, 0.25) is 0 Å². The third-order valence-corrected chi connectivity index (χ3v) is 7.14. The van der Waals surface area contributed by atoms with E-state index in [0.717, 1.165) is 61.4 Å². The van der Waals surface area contributed by atoms with Crippen LogP contribution in [0.1, 0.15) is 40.9 Å². The molecule has 3 aromatic rings. The van der Waals surface area contributed by atoms with Gasteiger partial charge in [-0.2, -0.15) is 5.10 Å². The minimum atomic E-state index is 0.102. The molecule has 1 aromatic heterocycles. The highest BCUT2D eigenvalue weighted by Gasteiger charge is 2.31. The number of hydrogen-bond acceptors (Lipinski definition) is 3. The number of carbonyl (C=O) groups excluding carboxylic acids is 1. The van der Waals surface area contributed by atoms with Crippen molar-refractivity contribution in [2.45, 2.75) is 58.0 Å². The molecular formula is C27H32N4O. The first kappa shape index (κ1) is 21.0. The number of piperidine rings is 1. The minimum absolute atomic E-state index is 0.102. The van der Waals surface area contributed by atoms with Crippen LogP contribution >= 0.6 is 0 Å². The van der Waals surface area contributed by atoms with Gasteiger partial charge >= 0.3 is 0 Å². The molecule has 1 fully saturated rings. The van der Waals surface area contributed by atoms with Crippen LogP contribution in [0.5, 0.6) is 0 Å². The summed E-state index contributed by atoms with van der Waals surface area (Å²) in [6.07, 6.45) is 4.85. The minimum Gasteiger partial charge on any atom is -0.352 e. The molecule has 1 aliphatic carbocycles. The van der Waals surface area contributed by atoms with Crippen molar-refractivity contribution in [3.8, 4) is 5.69 Å². The quantitative estimate of drug-likeness (QED) is 0.673. The molecule has 0 radical (unpaired) electrons. The summed E-state index contributed by atoms with van der Waals surface area (Å²) in [5.74, 6) is 0.102. The van der Waals surface area contributed by atoms with Gasteiger partial charge in [-0.05, 0) is 69.3 Å². The normalized spacial score (nSPS) is 19.1. The summed E-state index contributed by atoms with van der Waals surface area (Å²) in [4.78, 5) is 15.6. The van der Waals surface area contributed by atoms with Crippen LogP contribution in [-0.4, -0.2) is 45.8 Å². The topological polar surface area (TPSA) is 50.2 Å². The number of fused-ring (bicyclic) bond motifs is 1. The van der Waals surface area contributed by atoms with Crippen LogP contribution in [-0.2, 0) is 24.1 Å². The van der Waals surface area contributed by atoms with Crippen molar-refractivity contribution in [3.05, 3.63) is 82.7 Å². The number of carbonyl (C=O) groups is 1. The van der Waals surface area contributed by atoms with Crippen LogP contribution in [0.25, 0.3) is 5.69 Å². The molecule has 1 saturated heterocycles. The first-order valence-corrected chi connectivity index (χ1v) is 11.8. The Kier molecular flexibility index (Phi) is 5.83. The maximum atomic E-state index is 13.0. The molecule has 1 N–H and O–H groups in total. The number of benzene rings is 2. The first-order chi connectivity index (χ1) is 15.6. The van der Waals surface area contributed by atoms with E-state index in [-0.39, 0.29) is 11.9 Å². The SMILES string of the molecule is Cc1nn(-c2ccccc2)c(C)c1CC(=O)N[C@H]1CCCN(C2Cc3ccccc3C2)C1.